The number of aliphatic hydroxyl groups excluding tert-OH is 1. The summed E-state index contributed by atoms with van der Waals surface area (Å²) < 4.78 is 11.4. The molecule has 0 spiro atoms. The first-order chi connectivity index (χ1) is 14.9. The second-order valence-electron chi connectivity index (χ2n) is 7.95. The Balaban J connectivity index is 1.83. The number of ether oxygens (including phenoxy) is 2. The highest BCUT2D eigenvalue weighted by Gasteiger charge is 2.39. The maximum atomic E-state index is 13.2. The molecule has 0 aromatic carbocycles. The van der Waals surface area contributed by atoms with Gasteiger partial charge < -0.3 is 19.5 Å². The van der Waals surface area contributed by atoms with Crippen molar-refractivity contribution in [1.82, 2.24) is 9.47 Å². The topological polar surface area (TPSA) is 98.1 Å². The molecule has 0 unspecified atom stereocenters. The van der Waals surface area contributed by atoms with E-state index in [0.29, 0.717) is 43.2 Å². The number of nitrogens with zero attached hydrogens (tertiary/aromatic N) is 2. The largest absolute Gasteiger partial charge is 0.467 e. The van der Waals surface area contributed by atoms with Crippen molar-refractivity contribution in [3.8, 4) is 0 Å². The van der Waals surface area contributed by atoms with Gasteiger partial charge in [0.15, 0.2) is 0 Å². The number of thioether (sulfide) groups is 1. The highest BCUT2D eigenvalue weighted by molar-refractivity contribution is 7.99. The first kappa shape index (κ1) is 23.6. The van der Waals surface area contributed by atoms with Crippen molar-refractivity contribution in [1.29, 1.82) is 0 Å². The van der Waals surface area contributed by atoms with Gasteiger partial charge in [0, 0.05) is 24.3 Å². The Kier molecular flexibility index (Phi) is 7.96. The van der Waals surface area contributed by atoms with Crippen LogP contribution in [0.1, 0.15) is 54.3 Å². The molecule has 8 nitrogen and oxygen atoms in total. The third-order valence-corrected chi connectivity index (χ3v) is 6.81. The van der Waals surface area contributed by atoms with E-state index < -0.39 is 12.0 Å². The fraction of sp³-hybridized carbons (Fsp3) is 0.591. The van der Waals surface area contributed by atoms with Gasteiger partial charge in [-0.1, -0.05) is 12.7 Å². The predicted octanol–water partition coefficient (Wildman–Crippen LogP) is 1.98. The van der Waals surface area contributed by atoms with Crippen molar-refractivity contribution in [3.05, 3.63) is 39.7 Å². The van der Waals surface area contributed by atoms with Gasteiger partial charge >= 0.3 is 11.9 Å². The number of carbonyl (C=O) groups excluding carboxylic acids is 2. The van der Waals surface area contributed by atoms with Crippen molar-refractivity contribution in [3.63, 3.8) is 0 Å². The van der Waals surface area contributed by atoms with E-state index in [-0.39, 0.29) is 24.7 Å². The summed E-state index contributed by atoms with van der Waals surface area (Å²) in [7, 11) is 3.25. The van der Waals surface area contributed by atoms with Crippen LogP contribution in [-0.4, -0.2) is 59.6 Å². The van der Waals surface area contributed by atoms with Gasteiger partial charge in [-0.25, -0.2) is 4.79 Å². The van der Waals surface area contributed by atoms with Crippen molar-refractivity contribution >= 4 is 23.7 Å². The summed E-state index contributed by atoms with van der Waals surface area (Å²) in [6, 6.07) is -0.659. The molecule has 1 aliphatic carbocycles. The standard InChI is InChI=1S/C22H30N2O6S/c1-4-10-30-18(26)6-5-9-23(2)11-15-16(12-25)20(27)24-17(22(28)29-3)13-31-21(24)19(15)14-7-8-14/h4,14,17,25H,1,5-13H2,2-3H3/t17-/m0/s1. The van der Waals surface area contributed by atoms with Crippen LogP contribution in [0.2, 0.25) is 0 Å². The van der Waals surface area contributed by atoms with Crippen LogP contribution >= 0.6 is 11.8 Å². The zero-order valence-electron chi connectivity index (χ0n) is 18.1. The zero-order valence-corrected chi connectivity index (χ0v) is 18.9. The van der Waals surface area contributed by atoms with Crippen molar-refractivity contribution < 1.29 is 24.2 Å². The highest BCUT2D eigenvalue weighted by Crippen LogP contribution is 2.49. The molecule has 1 aromatic heterocycles. The molecule has 2 heterocycles. The number of fused-ring (bicyclic) bond motifs is 1. The van der Waals surface area contributed by atoms with Gasteiger partial charge in [0.1, 0.15) is 12.6 Å². The van der Waals surface area contributed by atoms with Gasteiger partial charge in [0.25, 0.3) is 5.56 Å². The van der Waals surface area contributed by atoms with E-state index in [0.717, 1.165) is 29.0 Å². The minimum Gasteiger partial charge on any atom is -0.467 e. The van der Waals surface area contributed by atoms with Gasteiger partial charge in [0.05, 0.1) is 18.7 Å². The summed E-state index contributed by atoms with van der Waals surface area (Å²) in [6.07, 6.45) is 4.54. The van der Waals surface area contributed by atoms with E-state index in [4.69, 9.17) is 9.47 Å². The molecule has 1 saturated carbocycles. The van der Waals surface area contributed by atoms with Gasteiger partial charge in [-0.3, -0.25) is 14.2 Å². The fourth-order valence-electron chi connectivity index (χ4n) is 3.96. The summed E-state index contributed by atoms with van der Waals surface area (Å²) in [5.74, 6) is 0.100. The normalized spacial score (nSPS) is 17.5. The number of pyridine rings is 1. The minimum absolute atomic E-state index is 0.211. The lowest BCUT2D eigenvalue weighted by Crippen LogP contribution is -2.34. The molecule has 0 bridgehead atoms. The summed E-state index contributed by atoms with van der Waals surface area (Å²) >= 11 is 1.51. The lowest BCUT2D eigenvalue weighted by Gasteiger charge is -2.24. The summed E-state index contributed by atoms with van der Waals surface area (Å²) in [5, 5.41) is 10.9. The molecule has 9 heteroatoms. The molecule has 1 fully saturated rings. The van der Waals surface area contributed by atoms with E-state index in [1.807, 2.05) is 7.05 Å². The number of hydrogen-bond acceptors (Lipinski definition) is 8. The number of rotatable bonds is 11. The molecule has 1 aromatic rings. The Morgan fingerprint density at radius 3 is 2.71 bits per heavy atom. The molecular weight excluding hydrogens is 420 g/mol. The molecule has 2 aliphatic rings. The molecule has 1 aliphatic heterocycles. The number of carbonyl (C=O) groups is 2. The SMILES string of the molecule is C=CCOC(=O)CCCN(C)Cc1c(C2CC2)c2n(c(=O)c1CO)[C@H](C(=O)OC)CS2. The van der Waals surface area contributed by atoms with Crippen LogP contribution in [0.5, 0.6) is 0 Å². The lowest BCUT2D eigenvalue weighted by atomic mass is 9.99. The Bertz CT molecular complexity index is 908. The summed E-state index contributed by atoms with van der Waals surface area (Å²) in [4.78, 5) is 39.2. The smallest absolute Gasteiger partial charge is 0.329 e. The third kappa shape index (κ3) is 5.22. The van der Waals surface area contributed by atoms with Crippen LogP contribution < -0.4 is 5.56 Å². The molecule has 0 amide bonds. The zero-order chi connectivity index (χ0) is 22.5. The second kappa shape index (κ2) is 10.5. The molecule has 3 rings (SSSR count). The highest BCUT2D eigenvalue weighted by atomic mass is 32.2. The minimum atomic E-state index is -0.659. The van der Waals surface area contributed by atoms with Crippen LogP contribution in [0.4, 0.5) is 0 Å². The van der Waals surface area contributed by atoms with Gasteiger partial charge in [-0.05, 0) is 49.9 Å². The predicted molar refractivity (Wildman–Crippen MR) is 117 cm³/mol. The molecule has 170 valence electrons. The van der Waals surface area contributed by atoms with Crippen LogP contribution in [0.15, 0.2) is 22.5 Å². The first-order valence-electron chi connectivity index (χ1n) is 10.5. The van der Waals surface area contributed by atoms with Crippen molar-refractivity contribution in [2.24, 2.45) is 0 Å². The molecule has 1 atom stereocenters. The molecular formula is C22H30N2O6S. The Labute approximate surface area is 186 Å². The van der Waals surface area contributed by atoms with E-state index in [1.165, 1.54) is 29.5 Å². The van der Waals surface area contributed by atoms with Crippen LogP contribution in [0, 0.1) is 0 Å². The van der Waals surface area contributed by atoms with Crippen molar-refractivity contribution in [2.45, 2.75) is 55.8 Å². The lowest BCUT2D eigenvalue weighted by molar-refractivity contribution is -0.144. The van der Waals surface area contributed by atoms with Gasteiger partial charge in [-0.15, -0.1) is 11.8 Å². The molecule has 31 heavy (non-hydrogen) atoms. The number of hydrogen-bond donors (Lipinski definition) is 1. The van der Waals surface area contributed by atoms with Gasteiger partial charge in [0.2, 0.25) is 0 Å². The van der Waals surface area contributed by atoms with E-state index in [9.17, 15) is 19.5 Å². The monoisotopic (exact) mass is 450 g/mol. The molecule has 1 N–H and O–H groups in total. The Morgan fingerprint density at radius 2 is 2.10 bits per heavy atom. The molecule has 0 radical (unpaired) electrons. The van der Waals surface area contributed by atoms with E-state index in [2.05, 4.69) is 11.5 Å². The van der Waals surface area contributed by atoms with Crippen molar-refractivity contribution in [2.75, 3.05) is 33.1 Å². The number of aromatic nitrogens is 1. The maximum Gasteiger partial charge on any atom is 0.329 e. The fourth-order valence-corrected chi connectivity index (χ4v) is 5.36. The number of esters is 2. The van der Waals surface area contributed by atoms with E-state index >= 15 is 0 Å². The van der Waals surface area contributed by atoms with Crippen LogP contribution in [0.3, 0.4) is 0 Å². The molecule has 0 saturated heterocycles. The summed E-state index contributed by atoms with van der Waals surface area (Å²) in [5.41, 5.74) is 1.96. The second-order valence-corrected chi connectivity index (χ2v) is 8.96. The van der Waals surface area contributed by atoms with Crippen LogP contribution in [-0.2, 0) is 32.2 Å². The average molecular weight is 451 g/mol. The first-order valence-corrected chi connectivity index (χ1v) is 11.5. The average Bonchev–Trinajstić information content (AvgIpc) is 3.49. The number of aliphatic hydroxyl groups is 1. The van der Waals surface area contributed by atoms with Gasteiger partial charge in [-0.2, -0.15) is 0 Å². The van der Waals surface area contributed by atoms with Crippen LogP contribution in [0.25, 0.3) is 0 Å². The number of methoxy groups -OCH3 is 1. The summed E-state index contributed by atoms with van der Waals surface area (Å²) in [6.45, 7) is 4.50. The maximum absolute atomic E-state index is 13.2. The Hall–Kier alpha value is -2.10. The third-order valence-electron chi connectivity index (χ3n) is 5.63. The Morgan fingerprint density at radius 1 is 1.35 bits per heavy atom. The quantitative estimate of drug-likeness (QED) is 0.404. The van der Waals surface area contributed by atoms with E-state index in [1.54, 1.807) is 0 Å².